The number of rotatable bonds is 7. The summed E-state index contributed by atoms with van der Waals surface area (Å²) in [4.78, 5) is 26.7. The van der Waals surface area contributed by atoms with Crippen molar-refractivity contribution < 1.29 is 4.79 Å². The van der Waals surface area contributed by atoms with Crippen LogP contribution in [0.4, 0.5) is 0 Å². The molecule has 23 heavy (non-hydrogen) atoms. The summed E-state index contributed by atoms with van der Waals surface area (Å²) in [6, 6.07) is 8.08. The largest absolute Gasteiger partial charge is 0.356 e. The summed E-state index contributed by atoms with van der Waals surface area (Å²) in [6.07, 6.45) is 3.02. The number of benzene rings is 1. The van der Waals surface area contributed by atoms with E-state index in [9.17, 15) is 9.59 Å². The van der Waals surface area contributed by atoms with Gasteiger partial charge in [-0.1, -0.05) is 33.3 Å². The third-order valence-electron chi connectivity index (χ3n) is 4.09. The van der Waals surface area contributed by atoms with Crippen molar-refractivity contribution in [3.63, 3.8) is 0 Å². The normalized spacial score (nSPS) is 11.1. The van der Waals surface area contributed by atoms with Gasteiger partial charge in [-0.15, -0.1) is 0 Å². The number of carbonyl (C=O) groups is 1. The van der Waals surface area contributed by atoms with E-state index in [0.29, 0.717) is 30.9 Å². The number of carbonyl (C=O) groups excluding carboxylic acids is 1. The van der Waals surface area contributed by atoms with Gasteiger partial charge < -0.3 is 10.3 Å². The van der Waals surface area contributed by atoms with Gasteiger partial charge >= 0.3 is 0 Å². The molecule has 0 radical (unpaired) electrons. The number of hydrogen-bond acceptors (Lipinski definition) is 2. The Morgan fingerprint density at radius 3 is 2.74 bits per heavy atom. The lowest BCUT2D eigenvalue weighted by atomic mass is 10.0. The van der Waals surface area contributed by atoms with Gasteiger partial charge in [0.15, 0.2) is 0 Å². The number of pyridine rings is 1. The van der Waals surface area contributed by atoms with Crippen LogP contribution in [0, 0.1) is 0 Å². The number of amides is 1. The highest BCUT2D eigenvalue weighted by atomic mass is 16.1. The second-order valence-electron chi connectivity index (χ2n) is 6.33. The van der Waals surface area contributed by atoms with Gasteiger partial charge in [0, 0.05) is 24.0 Å². The molecule has 0 bridgehead atoms. The van der Waals surface area contributed by atoms with Crippen LogP contribution < -0.4 is 10.9 Å². The first kappa shape index (κ1) is 17.3. The minimum absolute atomic E-state index is 0.0613. The minimum Gasteiger partial charge on any atom is -0.356 e. The van der Waals surface area contributed by atoms with Crippen molar-refractivity contribution in [2.24, 2.45) is 0 Å². The molecule has 0 atom stereocenters. The Kier molecular flexibility index (Phi) is 5.97. The molecule has 0 saturated heterocycles. The van der Waals surface area contributed by atoms with Crippen LogP contribution in [0.1, 0.15) is 57.1 Å². The van der Waals surface area contributed by atoms with Gasteiger partial charge in [-0.3, -0.25) is 9.59 Å². The van der Waals surface area contributed by atoms with Crippen molar-refractivity contribution in [1.29, 1.82) is 0 Å². The Hall–Kier alpha value is -2.10. The van der Waals surface area contributed by atoms with Gasteiger partial charge in [-0.2, -0.15) is 0 Å². The predicted molar refractivity (Wildman–Crippen MR) is 94.9 cm³/mol. The van der Waals surface area contributed by atoms with Crippen LogP contribution in [0.3, 0.4) is 0 Å². The quantitative estimate of drug-likeness (QED) is 0.821. The van der Waals surface area contributed by atoms with Gasteiger partial charge in [0.2, 0.25) is 5.91 Å². The summed E-state index contributed by atoms with van der Waals surface area (Å²) in [5.41, 5.74) is 2.75. The Morgan fingerprint density at radius 1 is 1.26 bits per heavy atom. The average Bonchev–Trinajstić information content (AvgIpc) is 2.52. The highest BCUT2D eigenvalue weighted by molar-refractivity contribution is 5.80. The second-order valence-corrected chi connectivity index (χ2v) is 6.33. The topological polar surface area (TPSA) is 62.0 Å². The fraction of sp³-hybridized carbons (Fsp3) is 0.474. The lowest BCUT2D eigenvalue weighted by Gasteiger charge is -2.09. The maximum Gasteiger partial charge on any atom is 0.251 e. The molecular formula is C19H26N2O2. The number of aromatic nitrogens is 1. The fourth-order valence-corrected chi connectivity index (χ4v) is 2.58. The molecule has 2 rings (SSSR count). The molecule has 2 aromatic rings. The van der Waals surface area contributed by atoms with Crippen LogP contribution in [-0.4, -0.2) is 17.4 Å². The maximum absolute atomic E-state index is 12.1. The zero-order valence-corrected chi connectivity index (χ0v) is 14.2. The molecule has 0 spiro atoms. The highest BCUT2D eigenvalue weighted by Crippen LogP contribution is 2.20. The van der Waals surface area contributed by atoms with Gasteiger partial charge in [-0.25, -0.2) is 0 Å². The monoisotopic (exact) mass is 314 g/mol. The molecule has 1 heterocycles. The fourth-order valence-electron chi connectivity index (χ4n) is 2.58. The van der Waals surface area contributed by atoms with Crippen molar-refractivity contribution in [3.8, 4) is 0 Å². The van der Waals surface area contributed by atoms with Gasteiger partial charge in [0.05, 0.1) is 0 Å². The Bertz CT molecular complexity index is 732. The maximum atomic E-state index is 12.1. The lowest BCUT2D eigenvalue weighted by Crippen LogP contribution is -2.27. The van der Waals surface area contributed by atoms with Crippen molar-refractivity contribution in [3.05, 3.63) is 45.7 Å². The molecular weight excluding hydrogens is 288 g/mol. The van der Waals surface area contributed by atoms with Crippen LogP contribution in [0.25, 0.3) is 10.9 Å². The van der Waals surface area contributed by atoms with Crippen molar-refractivity contribution in [1.82, 2.24) is 10.3 Å². The molecule has 0 aliphatic rings. The number of nitrogens with one attached hydrogen (secondary N) is 2. The number of aromatic amines is 1. The van der Waals surface area contributed by atoms with Crippen LogP contribution in [0.2, 0.25) is 0 Å². The third-order valence-corrected chi connectivity index (χ3v) is 4.09. The first-order valence-electron chi connectivity index (χ1n) is 8.43. The van der Waals surface area contributed by atoms with E-state index in [1.165, 1.54) is 5.56 Å². The summed E-state index contributed by atoms with van der Waals surface area (Å²) in [5.74, 6) is 0.513. The summed E-state index contributed by atoms with van der Waals surface area (Å²) in [5, 5.41) is 3.92. The van der Waals surface area contributed by atoms with Gasteiger partial charge in [0.1, 0.15) is 0 Å². The molecule has 4 heteroatoms. The molecule has 2 N–H and O–H groups in total. The van der Waals surface area contributed by atoms with Gasteiger partial charge in [0.25, 0.3) is 5.56 Å². The van der Waals surface area contributed by atoms with E-state index in [4.69, 9.17) is 0 Å². The first-order valence-corrected chi connectivity index (χ1v) is 8.43. The van der Waals surface area contributed by atoms with E-state index < -0.39 is 0 Å². The molecule has 1 amide bonds. The predicted octanol–water partition coefficient (Wildman–Crippen LogP) is 3.50. The van der Waals surface area contributed by atoms with Crippen LogP contribution in [0.15, 0.2) is 29.1 Å². The van der Waals surface area contributed by atoms with Gasteiger partial charge in [-0.05, 0) is 47.9 Å². The standard InChI is InChI=1S/C19H26N2O2/c1-4-5-6-18(22)20-10-9-15-12-16-11-14(13(2)3)7-8-17(16)21-19(15)23/h7-8,11-13H,4-6,9-10H2,1-3H3,(H,20,22)(H,21,23). The van der Waals surface area contributed by atoms with Crippen LogP contribution in [-0.2, 0) is 11.2 Å². The Morgan fingerprint density at radius 2 is 2.04 bits per heavy atom. The van der Waals surface area contributed by atoms with Crippen LogP contribution >= 0.6 is 0 Å². The minimum atomic E-state index is -0.0717. The van der Waals surface area contributed by atoms with Crippen molar-refractivity contribution >= 4 is 16.8 Å². The molecule has 0 fully saturated rings. The number of unbranched alkanes of at least 4 members (excludes halogenated alkanes) is 1. The SMILES string of the molecule is CCCCC(=O)NCCc1cc2cc(C(C)C)ccc2[nH]c1=O. The van der Waals surface area contributed by atoms with E-state index in [-0.39, 0.29) is 11.5 Å². The number of H-pyrrole nitrogens is 1. The zero-order valence-electron chi connectivity index (χ0n) is 14.2. The molecule has 4 nitrogen and oxygen atoms in total. The van der Waals surface area contributed by atoms with Crippen molar-refractivity contribution in [2.45, 2.75) is 52.4 Å². The molecule has 1 aromatic heterocycles. The number of hydrogen-bond donors (Lipinski definition) is 2. The van der Waals surface area contributed by atoms with Crippen molar-refractivity contribution in [2.75, 3.05) is 6.54 Å². The number of fused-ring (bicyclic) bond motifs is 1. The molecule has 0 saturated carbocycles. The van der Waals surface area contributed by atoms with E-state index in [1.807, 2.05) is 12.1 Å². The van der Waals surface area contributed by atoms with E-state index in [2.05, 4.69) is 43.2 Å². The summed E-state index contributed by atoms with van der Waals surface area (Å²) >= 11 is 0. The second kappa shape index (κ2) is 7.95. The van der Waals surface area contributed by atoms with E-state index >= 15 is 0 Å². The highest BCUT2D eigenvalue weighted by Gasteiger charge is 2.06. The Labute approximate surface area is 137 Å². The first-order chi connectivity index (χ1) is 11.0. The summed E-state index contributed by atoms with van der Waals surface area (Å²) < 4.78 is 0. The zero-order chi connectivity index (χ0) is 16.8. The molecule has 0 unspecified atom stereocenters. The third kappa shape index (κ3) is 4.68. The lowest BCUT2D eigenvalue weighted by molar-refractivity contribution is -0.121. The Balaban J connectivity index is 2.09. The summed E-state index contributed by atoms with van der Waals surface area (Å²) in [6.45, 7) is 6.87. The summed E-state index contributed by atoms with van der Waals surface area (Å²) in [7, 11) is 0. The van der Waals surface area contributed by atoms with Crippen LogP contribution in [0.5, 0.6) is 0 Å². The molecule has 124 valence electrons. The average molecular weight is 314 g/mol. The molecule has 0 aliphatic heterocycles. The molecule has 1 aromatic carbocycles. The van der Waals surface area contributed by atoms with E-state index in [1.54, 1.807) is 0 Å². The molecule has 0 aliphatic carbocycles. The van der Waals surface area contributed by atoms with E-state index in [0.717, 1.165) is 23.7 Å². The smallest absolute Gasteiger partial charge is 0.251 e.